The number of carbonyl (C=O) groups is 2. The number of carbonyl (C=O) groups excluding carboxylic acids is 2. The molecule has 0 saturated carbocycles. The number of para-hydroxylation sites is 1. The van der Waals surface area contributed by atoms with E-state index in [1.54, 1.807) is 19.1 Å². The molecule has 0 radical (unpaired) electrons. The highest BCUT2D eigenvalue weighted by molar-refractivity contribution is 7.17. The predicted octanol–water partition coefficient (Wildman–Crippen LogP) is 4.71. The standard InChI is InChI=1S/C22H22ClN5O2S/c1-15-19(31-22(24-15)26-21(30)25-17-5-3-2-4-6-17)20(29)28-13-11-27(12-14-28)18-9-7-16(23)8-10-18/h2-10H,11-14H2,1H3,(H2,24,25,26,30). The van der Waals surface area contributed by atoms with E-state index in [4.69, 9.17) is 11.6 Å². The molecule has 1 aromatic heterocycles. The zero-order chi connectivity index (χ0) is 21.8. The molecule has 160 valence electrons. The topological polar surface area (TPSA) is 77.6 Å². The van der Waals surface area contributed by atoms with Crippen LogP contribution in [0.3, 0.4) is 0 Å². The minimum atomic E-state index is -0.393. The highest BCUT2D eigenvalue weighted by atomic mass is 35.5. The number of rotatable bonds is 4. The maximum Gasteiger partial charge on any atom is 0.325 e. The second-order valence-corrected chi connectivity index (χ2v) is 8.57. The summed E-state index contributed by atoms with van der Waals surface area (Å²) in [4.78, 5) is 34.2. The van der Waals surface area contributed by atoms with Gasteiger partial charge in [-0.05, 0) is 43.3 Å². The van der Waals surface area contributed by atoms with Gasteiger partial charge < -0.3 is 15.1 Å². The Morgan fingerprint density at radius 2 is 1.65 bits per heavy atom. The summed E-state index contributed by atoms with van der Waals surface area (Å²) in [7, 11) is 0. The van der Waals surface area contributed by atoms with Gasteiger partial charge in [0.2, 0.25) is 0 Å². The minimum absolute atomic E-state index is 0.0535. The molecule has 0 spiro atoms. The van der Waals surface area contributed by atoms with Gasteiger partial charge >= 0.3 is 6.03 Å². The van der Waals surface area contributed by atoms with E-state index in [1.807, 2.05) is 47.4 Å². The summed E-state index contributed by atoms with van der Waals surface area (Å²) in [5.74, 6) is -0.0535. The van der Waals surface area contributed by atoms with E-state index in [0.29, 0.717) is 39.5 Å². The first kappa shape index (κ1) is 21.1. The number of thiazole rings is 1. The van der Waals surface area contributed by atoms with E-state index in [2.05, 4.69) is 20.5 Å². The van der Waals surface area contributed by atoms with Crippen LogP contribution in [0.2, 0.25) is 5.02 Å². The summed E-state index contributed by atoms with van der Waals surface area (Å²) < 4.78 is 0. The molecule has 0 atom stereocenters. The smallest absolute Gasteiger partial charge is 0.325 e. The summed E-state index contributed by atoms with van der Waals surface area (Å²) in [5.41, 5.74) is 2.40. The van der Waals surface area contributed by atoms with Crippen molar-refractivity contribution in [2.45, 2.75) is 6.92 Å². The highest BCUT2D eigenvalue weighted by Gasteiger charge is 2.26. The van der Waals surface area contributed by atoms with E-state index in [0.717, 1.165) is 18.8 Å². The van der Waals surface area contributed by atoms with Crippen molar-refractivity contribution in [3.63, 3.8) is 0 Å². The summed E-state index contributed by atoms with van der Waals surface area (Å²) in [5, 5.41) is 6.56. The fourth-order valence-electron chi connectivity index (χ4n) is 3.39. The second kappa shape index (κ2) is 9.36. The van der Waals surface area contributed by atoms with Crippen LogP contribution >= 0.6 is 22.9 Å². The summed E-state index contributed by atoms with van der Waals surface area (Å²) >= 11 is 7.16. The molecule has 2 aromatic carbocycles. The van der Waals surface area contributed by atoms with Crippen LogP contribution in [0.15, 0.2) is 54.6 Å². The first-order valence-corrected chi connectivity index (χ1v) is 11.1. The Labute approximate surface area is 189 Å². The number of aryl methyl sites for hydroxylation is 1. The van der Waals surface area contributed by atoms with Crippen LogP contribution < -0.4 is 15.5 Å². The number of benzene rings is 2. The van der Waals surface area contributed by atoms with Crippen molar-refractivity contribution in [2.24, 2.45) is 0 Å². The van der Waals surface area contributed by atoms with Gasteiger partial charge in [0.05, 0.1) is 5.69 Å². The van der Waals surface area contributed by atoms with Crippen molar-refractivity contribution in [2.75, 3.05) is 41.7 Å². The van der Waals surface area contributed by atoms with Crippen molar-refractivity contribution < 1.29 is 9.59 Å². The van der Waals surface area contributed by atoms with E-state index >= 15 is 0 Å². The third-order valence-corrected chi connectivity index (χ3v) is 6.31. The lowest BCUT2D eigenvalue weighted by molar-refractivity contribution is 0.0750. The summed E-state index contributed by atoms with van der Waals surface area (Å²) in [6.45, 7) is 4.52. The molecule has 7 nitrogen and oxygen atoms in total. The van der Waals surface area contributed by atoms with Crippen LogP contribution in [0.1, 0.15) is 15.4 Å². The predicted molar refractivity (Wildman–Crippen MR) is 126 cm³/mol. The van der Waals surface area contributed by atoms with Crippen molar-refractivity contribution in [3.8, 4) is 0 Å². The molecule has 3 amide bonds. The molecule has 1 aliphatic heterocycles. The van der Waals surface area contributed by atoms with Gasteiger partial charge in [0, 0.05) is 42.6 Å². The van der Waals surface area contributed by atoms with Gasteiger partial charge in [0.25, 0.3) is 5.91 Å². The average Bonchev–Trinajstić information content (AvgIpc) is 3.14. The average molecular weight is 456 g/mol. The Morgan fingerprint density at radius 1 is 0.968 bits per heavy atom. The molecule has 0 bridgehead atoms. The van der Waals surface area contributed by atoms with Crippen molar-refractivity contribution in [1.82, 2.24) is 9.88 Å². The molecule has 9 heteroatoms. The lowest BCUT2D eigenvalue weighted by atomic mass is 10.2. The molecule has 2 N–H and O–H groups in total. The number of halogens is 1. The molecule has 31 heavy (non-hydrogen) atoms. The lowest BCUT2D eigenvalue weighted by Gasteiger charge is -2.36. The van der Waals surface area contributed by atoms with E-state index < -0.39 is 6.03 Å². The summed E-state index contributed by atoms with van der Waals surface area (Å²) in [6.07, 6.45) is 0. The Kier molecular flexibility index (Phi) is 6.39. The fraction of sp³-hybridized carbons (Fsp3) is 0.227. The third-order valence-electron chi connectivity index (χ3n) is 5.00. The number of nitrogens with one attached hydrogen (secondary N) is 2. The Hall–Kier alpha value is -3.10. The van der Waals surface area contributed by atoms with E-state index in [1.165, 1.54) is 11.3 Å². The number of hydrogen-bond donors (Lipinski definition) is 2. The highest BCUT2D eigenvalue weighted by Crippen LogP contribution is 2.26. The Morgan fingerprint density at radius 3 is 2.32 bits per heavy atom. The van der Waals surface area contributed by atoms with Crippen molar-refractivity contribution in [3.05, 3.63) is 70.2 Å². The number of piperazine rings is 1. The van der Waals surface area contributed by atoms with Gasteiger partial charge in [0.1, 0.15) is 4.88 Å². The molecule has 0 aliphatic carbocycles. The molecule has 3 aromatic rings. The molecular weight excluding hydrogens is 434 g/mol. The monoisotopic (exact) mass is 455 g/mol. The van der Waals surface area contributed by atoms with Crippen LogP contribution in [0.4, 0.5) is 21.3 Å². The first-order valence-electron chi connectivity index (χ1n) is 9.90. The maximum absolute atomic E-state index is 13.0. The zero-order valence-corrected chi connectivity index (χ0v) is 18.5. The second-order valence-electron chi connectivity index (χ2n) is 7.13. The van der Waals surface area contributed by atoms with Gasteiger partial charge in [-0.1, -0.05) is 41.1 Å². The van der Waals surface area contributed by atoms with Crippen molar-refractivity contribution in [1.29, 1.82) is 0 Å². The molecule has 2 heterocycles. The van der Waals surface area contributed by atoms with Crippen LogP contribution in [0, 0.1) is 6.92 Å². The third kappa shape index (κ3) is 5.15. The molecule has 0 unspecified atom stereocenters. The number of urea groups is 1. The quantitative estimate of drug-likeness (QED) is 0.597. The van der Waals surface area contributed by atoms with Gasteiger partial charge in [-0.15, -0.1) is 0 Å². The molecule has 1 aliphatic rings. The molecule has 4 rings (SSSR count). The van der Waals surface area contributed by atoms with Gasteiger partial charge in [-0.25, -0.2) is 9.78 Å². The number of hydrogen-bond acceptors (Lipinski definition) is 5. The SMILES string of the molecule is Cc1nc(NC(=O)Nc2ccccc2)sc1C(=O)N1CCN(c2ccc(Cl)cc2)CC1. The van der Waals surface area contributed by atoms with E-state index in [9.17, 15) is 9.59 Å². The molecule has 1 saturated heterocycles. The minimum Gasteiger partial charge on any atom is -0.368 e. The Bertz CT molecular complexity index is 1060. The van der Waals surface area contributed by atoms with Gasteiger partial charge in [0.15, 0.2) is 5.13 Å². The lowest BCUT2D eigenvalue weighted by Crippen LogP contribution is -2.48. The normalized spacial score (nSPS) is 13.7. The molecule has 1 fully saturated rings. The van der Waals surface area contributed by atoms with Crippen molar-refractivity contribution >= 4 is 51.4 Å². The number of aromatic nitrogens is 1. The van der Waals surface area contributed by atoms with E-state index in [-0.39, 0.29) is 5.91 Å². The van der Waals surface area contributed by atoms with Crippen LogP contribution in [-0.4, -0.2) is 48.0 Å². The largest absolute Gasteiger partial charge is 0.368 e. The van der Waals surface area contributed by atoms with Crippen LogP contribution in [-0.2, 0) is 0 Å². The zero-order valence-electron chi connectivity index (χ0n) is 17.0. The number of anilines is 3. The molecular formula is C22H22ClN5O2S. The first-order chi connectivity index (χ1) is 15.0. The fourth-order valence-corrected chi connectivity index (χ4v) is 4.45. The number of nitrogens with zero attached hydrogens (tertiary/aromatic N) is 3. The number of amides is 3. The van der Waals surface area contributed by atoms with Crippen LogP contribution in [0.5, 0.6) is 0 Å². The van der Waals surface area contributed by atoms with Gasteiger partial charge in [-0.2, -0.15) is 0 Å². The van der Waals surface area contributed by atoms with Crippen LogP contribution in [0.25, 0.3) is 0 Å². The summed E-state index contributed by atoms with van der Waals surface area (Å²) in [6, 6.07) is 16.5. The van der Waals surface area contributed by atoms with Gasteiger partial charge in [-0.3, -0.25) is 10.1 Å². The Balaban J connectivity index is 1.35. The maximum atomic E-state index is 13.0.